The smallest absolute Gasteiger partial charge is 0.303 e. The van der Waals surface area contributed by atoms with Crippen LogP contribution in [0.5, 0.6) is 0 Å². The van der Waals surface area contributed by atoms with Gasteiger partial charge in [-0.15, -0.1) is 0 Å². The van der Waals surface area contributed by atoms with Crippen LogP contribution in [0.1, 0.15) is 105 Å². The fourth-order valence-electron chi connectivity index (χ4n) is 10.4. The third kappa shape index (κ3) is 3.86. The number of hydrogen-bond acceptors (Lipinski definition) is 4. The maximum atomic E-state index is 11.6. The zero-order valence-electron chi connectivity index (χ0n) is 22.6. The van der Waals surface area contributed by atoms with Gasteiger partial charge in [0.1, 0.15) is 6.29 Å². The Hall–Kier alpha value is -1.20. The van der Waals surface area contributed by atoms with Crippen molar-refractivity contribution < 1.29 is 24.9 Å². The molecule has 4 rings (SSSR count). The Kier molecular flexibility index (Phi) is 6.88. The van der Waals surface area contributed by atoms with Gasteiger partial charge in [0.15, 0.2) is 0 Å². The van der Waals surface area contributed by atoms with Gasteiger partial charge in [0.25, 0.3) is 0 Å². The molecule has 0 bridgehead atoms. The summed E-state index contributed by atoms with van der Waals surface area (Å²) in [5.41, 5.74) is 0.0983. The molecule has 0 radical (unpaired) electrons. The van der Waals surface area contributed by atoms with E-state index in [-0.39, 0.29) is 40.6 Å². The minimum atomic E-state index is -1.16. The van der Waals surface area contributed by atoms with Crippen molar-refractivity contribution in [3.8, 4) is 0 Å². The average Bonchev–Trinajstić information content (AvgIpc) is 3.40. The van der Waals surface area contributed by atoms with Crippen LogP contribution in [-0.4, -0.2) is 39.8 Å². The second-order valence-electron chi connectivity index (χ2n) is 13.7. The van der Waals surface area contributed by atoms with Crippen molar-refractivity contribution in [2.75, 3.05) is 6.61 Å². The van der Waals surface area contributed by atoms with Gasteiger partial charge in [0.05, 0.1) is 12.2 Å². The Bertz CT molecular complexity index is 878. The molecule has 5 nitrogen and oxygen atoms in total. The predicted molar refractivity (Wildman–Crippen MR) is 137 cm³/mol. The first kappa shape index (κ1) is 26.9. The molecule has 0 saturated heterocycles. The summed E-state index contributed by atoms with van der Waals surface area (Å²) in [7, 11) is 0. The van der Waals surface area contributed by atoms with Gasteiger partial charge in [-0.1, -0.05) is 26.8 Å². The van der Waals surface area contributed by atoms with E-state index in [1.165, 1.54) is 19.3 Å². The summed E-state index contributed by atoms with van der Waals surface area (Å²) in [6.07, 6.45) is 13.6. The SMILES string of the molecule is C/C(C=O)=C\CCC(C)C1CCC2(C)C3CCC(C(C)(O)CO)C4(CCC(=O)O)CC34CCC12C. The normalized spacial score (nSPS) is 45.0. The van der Waals surface area contributed by atoms with Gasteiger partial charge < -0.3 is 15.3 Å². The molecule has 4 fully saturated rings. The van der Waals surface area contributed by atoms with E-state index < -0.39 is 11.6 Å². The molecular weight excluding hydrogens is 440 g/mol. The number of carbonyl (C=O) groups is 2. The molecule has 1 spiro atoms. The van der Waals surface area contributed by atoms with Gasteiger partial charge in [-0.25, -0.2) is 0 Å². The van der Waals surface area contributed by atoms with E-state index >= 15 is 0 Å². The average molecular weight is 489 g/mol. The highest BCUT2D eigenvalue weighted by atomic mass is 16.4. The van der Waals surface area contributed by atoms with E-state index in [0.717, 1.165) is 50.4 Å². The Balaban J connectivity index is 1.60. The molecule has 35 heavy (non-hydrogen) atoms. The van der Waals surface area contributed by atoms with Gasteiger partial charge in [0.2, 0.25) is 0 Å². The fraction of sp³-hybridized carbons (Fsp3) is 0.867. The molecule has 4 aliphatic carbocycles. The summed E-state index contributed by atoms with van der Waals surface area (Å²) in [6, 6.07) is 0. The molecule has 4 aliphatic rings. The summed E-state index contributed by atoms with van der Waals surface area (Å²) in [5.74, 6) is 1.04. The summed E-state index contributed by atoms with van der Waals surface area (Å²) in [6.45, 7) is 10.8. The lowest BCUT2D eigenvalue weighted by Gasteiger charge is -2.61. The molecule has 0 aromatic rings. The van der Waals surface area contributed by atoms with Crippen molar-refractivity contribution in [2.24, 2.45) is 45.3 Å². The second kappa shape index (κ2) is 8.97. The molecule has 3 N–H and O–H groups in total. The maximum absolute atomic E-state index is 11.6. The highest BCUT2D eigenvalue weighted by molar-refractivity contribution is 5.71. The lowest BCUT2D eigenvalue weighted by atomic mass is 9.43. The number of carbonyl (C=O) groups excluding carboxylic acids is 1. The molecule has 0 aliphatic heterocycles. The van der Waals surface area contributed by atoms with Crippen LogP contribution < -0.4 is 0 Å². The van der Waals surface area contributed by atoms with E-state index in [2.05, 4.69) is 26.8 Å². The van der Waals surface area contributed by atoms with Crippen molar-refractivity contribution in [3.63, 3.8) is 0 Å². The number of hydrogen-bond donors (Lipinski definition) is 3. The Morgan fingerprint density at radius 2 is 1.86 bits per heavy atom. The zero-order valence-corrected chi connectivity index (χ0v) is 22.6. The topological polar surface area (TPSA) is 94.8 Å². The summed E-state index contributed by atoms with van der Waals surface area (Å²) < 4.78 is 0. The van der Waals surface area contributed by atoms with Crippen LogP contribution in [0.4, 0.5) is 0 Å². The predicted octanol–water partition coefficient (Wildman–Crippen LogP) is 5.78. The van der Waals surface area contributed by atoms with Crippen molar-refractivity contribution in [3.05, 3.63) is 11.6 Å². The number of fused-ring (bicyclic) bond motifs is 2. The first-order chi connectivity index (χ1) is 16.3. The molecule has 0 aromatic carbocycles. The maximum Gasteiger partial charge on any atom is 0.303 e. The van der Waals surface area contributed by atoms with E-state index in [0.29, 0.717) is 24.2 Å². The Morgan fingerprint density at radius 3 is 2.49 bits per heavy atom. The van der Waals surface area contributed by atoms with E-state index in [1.54, 1.807) is 6.92 Å². The van der Waals surface area contributed by atoms with Crippen LogP contribution in [0.25, 0.3) is 0 Å². The summed E-state index contributed by atoms with van der Waals surface area (Å²) in [5, 5.41) is 30.8. The number of allylic oxidation sites excluding steroid dienone is 2. The molecule has 0 heterocycles. The standard InChI is InChI=1S/C30H48O5/c1-20(17-31)7-6-8-21(2)22-11-13-27(4)23-9-10-24(28(5,35)19-32)29(14-12-25(33)34)18-30(23,29)16-15-26(22,27)3/h7,17,21-24,32,35H,6,8-16,18-19H2,1-5H3,(H,33,34)/b20-7+. The van der Waals surface area contributed by atoms with Crippen molar-refractivity contribution in [2.45, 2.75) is 111 Å². The number of carboxylic acids is 1. The Morgan fingerprint density at radius 1 is 1.14 bits per heavy atom. The number of aliphatic carboxylic acids is 1. The van der Waals surface area contributed by atoms with Crippen LogP contribution in [0.3, 0.4) is 0 Å². The largest absolute Gasteiger partial charge is 0.481 e. The van der Waals surface area contributed by atoms with Crippen LogP contribution in [0.2, 0.25) is 0 Å². The lowest BCUT2D eigenvalue weighted by molar-refractivity contribution is -0.159. The van der Waals surface area contributed by atoms with Gasteiger partial charge in [-0.2, -0.15) is 0 Å². The van der Waals surface area contributed by atoms with Crippen LogP contribution in [-0.2, 0) is 9.59 Å². The highest BCUT2D eigenvalue weighted by Crippen LogP contribution is 2.87. The molecule has 9 unspecified atom stereocenters. The summed E-state index contributed by atoms with van der Waals surface area (Å²) >= 11 is 0. The number of aliphatic hydroxyl groups is 2. The Labute approximate surface area is 211 Å². The minimum absolute atomic E-state index is 0.0347. The van der Waals surface area contributed by atoms with E-state index in [4.69, 9.17) is 0 Å². The zero-order chi connectivity index (χ0) is 25.9. The van der Waals surface area contributed by atoms with Crippen molar-refractivity contribution in [1.29, 1.82) is 0 Å². The molecule has 9 atom stereocenters. The van der Waals surface area contributed by atoms with Crippen molar-refractivity contribution >= 4 is 12.3 Å². The molecule has 4 saturated carbocycles. The highest BCUT2D eigenvalue weighted by Gasteiger charge is 2.81. The minimum Gasteiger partial charge on any atom is -0.481 e. The van der Waals surface area contributed by atoms with Gasteiger partial charge in [0, 0.05) is 6.42 Å². The second-order valence-corrected chi connectivity index (χ2v) is 13.7. The molecule has 0 aromatic heterocycles. The monoisotopic (exact) mass is 488 g/mol. The number of aliphatic hydroxyl groups excluding tert-OH is 1. The van der Waals surface area contributed by atoms with Crippen molar-refractivity contribution in [1.82, 2.24) is 0 Å². The number of carboxylic acid groups (broad SMARTS) is 1. The first-order valence-corrected chi connectivity index (χ1v) is 14.0. The van der Waals surface area contributed by atoms with Gasteiger partial charge >= 0.3 is 5.97 Å². The van der Waals surface area contributed by atoms with E-state index in [1.807, 2.05) is 6.92 Å². The third-order valence-electron chi connectivity index (χ3n) is 12.3. The first-order valence-electron chi connectivity index (χ1n) is 14.0. The fourth-order valence-corrected chi connectivity index (χ4v) is 10.4. The number of rotatable bonds is 10. The lowest BCUT2D eigenvalue weighted by Crippen LogP contribution is -2.57. The number of aldehydes is 1. The molecule has 5 heteroatoms. The van der Waals surface area contributed by atoms with Crippen LogP contribution in [0.15, 0.2) is 11.6 Å². The van der Waals surface area contributed by atoms with Crippen LogP contribution >= 0.6 is 0 Å². The molecular formula is C30H48O5. The quantitative estimate of drug-likeness (QED) is 0.268. The van der Waals surface area contributed by atoms with Gasteiger partial charge in [-0.3, -0.25) is 9.59 Å². The third-order valence-corrected chi connectivity index (χ3v) is 12.3. The molecule has 0 amide bonds. The van der Waals surface area contributed by atoms with E-state index in [9.17, 15) is 24.9 Å². The van der Waals surface area contributed by atoms with Crippen LogP contribution in [0, 0.1) is 45.3 Å². The summed E-state index contributed by atoms with van der Waals surface area (Å²) in [4.78, 5) is 22.6. The van der Waals surface area contributed by atoms with Gasteiger partial charge in [-0.05, 0) is 129 Å². The molecule has 198 valence electrons.